The number of carbonyl (C=O) groups excluding carboxylic acids is 2. The number of ether oxygens (including phenoxy) is 2. The molecule has 1 N–H and O–H groups in total. The van der Waals surface area contributed by atoms with Crippen molar-refractivity contribution in [2.45, 2.75) is 32.2 Å². The summed E-state index contributed by atoms with van der Waals surface area (Å²) in [5.41, 5.74) is 1.65. The molecule has 2 aromatic rings. The molecule has 2 unspecified atom stereocenters. The Morgan fingerprint density at radius 3 is 2.23 bits per heavy atom. The van der Waals surface area contributed by atoms with Crippen molar-refractivity contribution in [1.29, 1.82) is 0 Å². The highest BCUT2D eigenvalue weighted by Gasteiger charge is 2.34. The van der Waals surface area contributed by atoms with Crippen LogP contribution in [0, 0.1) is 5.92 Å². The average Bonchev–Trinajstić information content (AvgIpc) is 3.27. The first kappa shape index (κ1) is 21.7. The van der Waals surface area contributed by atoms with Crippen molar-refractivity contribution in [1.82, 2.24) is 10.2 Å². The molecule has 30 heavy (non-hydrogen) atoms. The minimum absolute atomic E-state index is 0.0355. The van der Waals surface area contributed by atoms with Crippen molar-refractivity contribution in [2.75, 3.05) is 27.3 Å². The number of methoxy groups -OCH3 is 2. The predicted octanol–water partition coefficient (Wildman–Crippen LogP) is 3.47. The smallest absolute Gasteiger partial charge is 0.252 e. The molecule has 2 aromatic carbocycles. The normalized spacial score (nSPS) is 17.0. The fraction of sp³-hybridized carbons (Fsp3) is 0.417. The fourth-order valence-corrected chi connectivity index (χ4v) is 3.83. The molecule has 0 aliphatic carbocycles. The molecule has 1 heterocycles. The lowest BCUT2D eigenvalue weighted by atomic mass is 9.98. The zero-order valence-corrected chi connectivity index (χ0v) is 18.1. The zero-order valence-electron chi connectivity index (χ0n) is 18.1. The van der Waals surface area contributed by atoms with Crippen LogP contribution in [0.1, 0.15) is 42.1 Å². The van der Waals surface area contributed by atoms with Crippen LogP contribution in [0.25, 0.3) is 0 Å². The summed E-state index contributed by atoms with van der Waals surface area (Å²) in [4.78, 5) is 28.0. The molecule has 0 spiro atoms. The molecule has 3 rings (SSSR count). The first-order valence-electron chi connectivity index (χ1n) is 10.3. The van der Waals surface area contributed by atoms with E-state index < -0.39 is 6.04 Å². The van der Waals surface area contributed by atoms with E-state index in [0.717, 1.165) is 6.42 Å². The Bertz CT molecular complexity index is 860. The van der Waals surface area contributed by atoms with Gasteiger partial charge in [-0.1, -0.05) is 44.2 Å². The third kappa shape index (κ3) is 4.93. The molecular weight excluding hydrogens is 380 g/mol. The minimum Gasteiger partial charge on any atom is -0.497 e. The molecule has 0 aromatic heterocycles. The summed E-state index contributed by atoms with van der Waals surface area (Å²) in [5.74, 6) is 0.991. The second-order valence-electron chi connectivity index (χ2n) is 7.98. The highest BCUT2D eigenvalue weighted by atomic mass is 16.5. The first-order valence-corrected chi connectivity index (χ1v) is 10.3. The zero-order chi connectivity index (χ0) is 21.7. The van der Waals surface area contributed by atoms with Gasteiger partial charge in [-0.15, -0.1) is 0 Å². The Morgan fingerprint density at radius 2 is 1.67 bits per heavy atom. The molecule has 1 saturated heterocycles. The number of benzene rings is 2. The van der Waals surface area contributed by atoms with Gasteiger partial charge in [-0.2, -0.15) is 0 Å². The minimum atomic E-state index is -0.593. The van der Waals surface area contributed by atoms with Gasteiger partial charge in [0.2, 0.25) is 5.91 Å². The molecule has 2 atom stereocenters. The summed E-state index contributed by atoms with van der Waals surface area (Å²) >= 11 is 0. The van der Waals surface area contributed by atoms with Gasteiger partial charge >= 0.3 is 0 Å². The largest absolute Gasteiger partial charge is 0.497 e. The van der Waals surface area contributed by atoms with Gasteiger partial charge in [0.05, 0.1) is 14.2 Å². The van der Waals surface area contributed by atoms with Crippen LogP contribution in [0.4, 0.5) is 0 Å². The maximum Gasteiger partial charge on any atom is 0.252 e. The Labute approximate surface area is 178 Å². The van der Waals surface area contributed by atoms with Crippen molar-refractivity contribution >= 4 is 11.8 Å². The number of hydrogen-bond donors (Lipinski definition) is 1. The SMILES string of the molecule is COc1cc(OC)cc(C(=O)NC(C(=O)N2CCC(c3ccccc3)C2)C(C)C)c1. The topological polar surface area (TPSA) is 67.9 Å². The van der Waals surface area contributed by atoms with Crippen LogP contribution in [0.15, 0.2) is 48.5 Å². The van der Waals surface area contributed by atoms with E-state index in [2.05, 4.69) is 17.4 Å². The third-order valence-electron chi connectivity index (χ3n) is 5.60. The van der Waals surface area contributed by atoms with Crippen LogP contribution in [0.5, 0.6) is 11.5 Å². The number of nitrogens with one attached hydrogen (secondary N) is 1. The fourth-order valence-electron chi connectivity index (χ4n) is 3.83. The number of nitrogens with zero attached hydrogens (tertiary/aromatic N) is 1. The first-order chi connectivity index (χ1) is 14.4. The van der Waals surface area contributed by atoms with E-state index >= 15 is 0 Å². The van der Waals surface area contributed by atoms with Gasteiger partial charge in [-0.25, -0.2) is 0 Å². The van der Waals surface area contributed by atoms with E-state index in [1.54, 1.807) is 18.2 Å². The second-order valence-corrected chi connectivity index (χ2v) is 7.98. The van der Waals surface area contributed by atoms with Gasteiger partial charge in [-0.3, -0.25) is 9.59 Å². The van der Waals surface area contributed by atoms with E-state index in [9.17, 15) is 9.59 Å². The molecule has 160 valence electrons. The van der Waals surface area contributed by atoms with Crippen molar-refractivity contribution in [2.24, 2.45) is 5.92 Å². The molecule has 1 aliphatic rings. The van der Waals surface area contributed by atoms with Crippen molar-refractivity contribution < 1.29 is 19.1 Å². The number of likely N-dealkylation sites (tertiary alicyclic amines) is 1. The monoisotopic (exact) mass is 410 g/mol. The molecule has 1 fully saturated rings. The Balaban J connectivity index is 1.71. The number of amides is 2. The van der Waals surface area contributed by atoms with Crippen LogP contribution >= 0.6 is 0 Å². The standard InChI is InChI=1S/C24H30N2O4/c1-16(2)22(25-23(27)19-12-20(29-3)14-21(13-19)30-4)24(28)26-11-10-18(15-26)17-8-6-5-7-9-17/h5-9,12-14,16,18,22H,10-11,15H2,1-4H3,(H,25,27). The summed E-state index contributed by atoms with van der Waals surface area (Å²) in [5, 5.41) is 2.93. The van der Waals surface area contributed by atoms with E-state index in [0.29, 0.717) is 36.1 Å². The van der Waals surface area contributed by atoms with Crippen LogP contribution in [-0.2, 0) is 4.79 Å². The Morgan fingerprint density at radius 1 is 1.03 bits per heavy atom. The Hall–Kier alpha value is -3.02. The average molecular weight is 411 g/mol. The van der Waals surface area contributed by atoms with Crippen molar-refractivity contribution in [3.8, 4) is 11.5 Å². The summed E-state index contributed by atoms with van der Waals surface area (Å²) < 4.78 is 10.5. The lowest BCUT2D eigenvalue weighted by molar-refractivity contribution is -0.133. The van der Waals surface area contributed by atoms with Gasteiger partial charge < -0.3 is 19.7 Å². The second kappa shape index (κ2) is 9.65. The van der Waals surface area contributed by atoms with Crippen molar-refractivity contribution in [3.05, 3.63) is 59.7 Å². The van der Waals surface area contributed by atoms with E-state index in [1.165, 1.54) is 19.8 Å². The molecule has 2 amide bonds. The van der Waals surface area contributed by atoms with Gasteiger partial charge in [-0.05, 0) is 30.0 Å². The molecule has 1 aliphatic heterocycles. The molecule has 0 radical (unpaired) electrons. The quantitative estimate of drug-likeness (QED) is 0.759. The Kier molecular flexibility index (Phi) is 6.98. The van der Waals surface area contributed by atoms with E-state index in [1.807, 2.05) is 36.9 Å². The molecule has 6 heteroatoms. The van der Waals surface area contributed by atoms with E-state index in [-0.39, 0.29) is 17.7 Å². The summed E-state index contributed by atoms with van der Waals surface area (Å²) in [6.07, 6.45) is 0.932. The molecule has 0 bridgehead atoms. The lowest BCUT2D eigenvalue weighted by Crippen LogP contribution is -2.50. The highest BCUT2D eigenvalue weighted by molar-refractivity contribution is 5.98. The van der Waals surface area contributed by atoms with Gasteiger partial charge in [0.1, 0.15) is 17.5 Å². The van der Waals surface area contributed by atoms with Crippen LogP contribution in [-0.4, -0.2) is 50.1 Å². The van der Waals surface area contributed by atoms with Gasteiger partial charge in [0, 0.05) is 30.6 Å². The highest BCUT2D eigenvalue weighted by Crippen LogP contribution is 2.28. The molecular formula is C24H30N2O4. The van der Waals surface area contributed by atoms with Gasteiger partial charge in [0.15, 0.2) is 0 Å². The number of hydrogen-bond acceptors (Lipinski definition) is 4. The molecule has 0 saturated carbocycles. The van der Waals surface area contributed by atoms with Crippen LogP contribution < -0.4 is 14.8 Å². The summed E-state index contributed by atoms with van der Waals surface area (Å²) in [7, 11) is 3.07. The maximum atomic E-state index is 13.2. The van der Waals surface area contributed by atoms with Crippen molar-refractivity contribution in [3.63, 3.8) is 0 Å². The van der Waals surface area contributed by atoms with Crippen LogP contribution in [0.3, 0.4) is 0 Å². The summed E-state index contributed by atoms with van der Waals surface area (Å²) in [6, 6.07) is 14.7. The van der Waals surface area contributed by atoms with Crippen LogP contribution in [0.2, 0.25) is 0 Å². The predicted molar refractivity (Wildman–Crippen MR) is 116 cm³/mol. The summed E-state index contributed by atoms with van der Waals surface area (Å²) in [6.45, 7) is 5.26. The lowest BCUT2D eigenvalue weighted by Gasteiger charge is -2.27. The van der Waals surface area contributed by atoms with Gasteiger partial charge in [0.25, 0.3) is 5.91 Å². The number of carbonyl (C=O) groups is 2. The third-order valence-corrected chi connectivity index (χ3v) is 5.60. The molecule has 6 nitrogen and oxygen atoms in total. The van der Waals surface area contributed by atoms with E-state index in [4.69, 9.17) is 9.47 Å². The number of rotatable bonds is 7. The maximum absolute atomic E-state index is 13.2.